The molecule has 0 N–H and O–H groups in total. The van der Waals surface area contributed by atoms with Gasteiger partial charge in [-0.2, -0.15) is 0 Å². The number of fused-ring (bicyclic) bond motifs is 1. The number of methoxy groups -OCH3 is 1. The third-order valence-electron chi connectivity index (χ3n) is 6.20. The fourth-order valence-corrected chi connectivity index (χ4v) is 5.03. The number of aromatic nitrogens is 4. The Balaban J connectivity index is 1.69. The number of halogens is 2. The van der Waals surface area contributed by atoms with Crippen LogP contribution in [0.5, 0.6) is 5.75 Å². The highest BCUT2D eigenvalue weighted by Crippen LogP contribution is 2.28. The van der Waals surface area contributed by atoms with Crippen molar-refractivity contribution in [2.24, 2.45) is 0 Å². The lowest BCUT2D eigenvalue weighted by atomic mass is 10.1. The molecule has 3 aromatic carbocycles. The molecular formula is C29H24Cl2N4O2. The van der Waals surface area contributed by atoms with Crippen LogP contribution < -0.4 is 10.3 Å². The predicted molar refractivity (Wildman–Crippen MR) is 151 cm³/mol. The first-order valence-electron chi connectivity index (χ1n) is 11.6. The summed E-state index contributed by atoms with van der Waals surface area (Å²) in [5.74, 6) is 1.15. The molecule has 5 rings (SSSR count). The minimum atomic E-state index is -0.257. The summed E-state index contributed by atoms with van der Waals surface area (Å²) in [6, 6.07) is 15.0. The average molecular weight is 531 g/mol. The van der Waals surface area contributed by atoms with Crippen molar-refractivity contribution in [2.75, 3.05) is 7.11 Å². The lowest BCUT2D eigenvalue weighted by molar-refractivity contribution is 0.413. The molecule has 0 aliphatic rings. The standard InChI is InChI=1S/C29H24Cl2N4O2/c1-17-6-5-7-18(2)28(17)35-26(33-23-14-21(30)13-22(31)27(23)29(35)36)11-9-20-8-10-24(25(12-20)37-4)34-15-19(3)32-16-34/h5-16H,1-4H3. The molecule has 0 unspecified atom stereocenters. The summed E-state index contributed by atoms with van der Waals surface area (Å²) in [4.78, 5) is 22.9. The maximum absolute atomic E-state index is 13.8. The SMILES string of the molecule is COc1cc(C=Cc2nc3cc(Cl)cc(Cl)c3c(=O)n2-c2c(C)cccc2C)ccc1-n1cnc(C)c1. The number of imidazole rings is 1. The molecule has 0 saturated carbocycles. The quantitative estimate of drug-likeness (QED) is 0.246. The Labute approximate surface area is 224 Å². The average Bonchev–Trinajstić information content (AvgIpc) is 3.29. The Kier molecular flexibility index (Phi) is 6.63. The normalized spacial score (nSPS) is 11.5. The molecule has 5 aromatic rings. The summed E-state index contributed by atoms with van der Waals surface area (Å²) in [5.41, 5.74) is 5.52. The molecule has 0 aliphatic heterocycles. The zero-order valence-electron chi connectivity index (χ0n) is 20.8. The van der Waals surface area contributed by atoms with Crippen LogP contribution in [0, 0.1) is 20.8 Å². The highest BCUT2D eigenvalue weighted by Gasteiger charge is 2.17. The number of hydrogen-bond acceptors (Lipinski definition) is 4. The Bertz CT molecular complexity index is 1730. The molecular weight excluding hydrogens is 507 g/mol. The van der Waals surface area contributed by atoms with Gasteiger partial charge in [-0.05, 0) is 67.8 Å². The van der Waals surface area contributed by atoms with Gasteiger partial charge in [0.1, 0.15) is 11.6 Å². The minimum absolute atomic E-state index is 0.257. The zero-order chi connectivity index (χ0) is 26.3. The summed E-state index contributed by atoms with van der Waals surface area (Å²) in [6.45, 7) is 5.88. The first kappa shape index (κ1) is 24.8. The molecule has 0 atom stereocenters. The van der Waals surface area contributed by atoms with Gasteiger partial charge in [0.2, 0.25) is 0 Å². The van der Waals surface area contributed by atoms with Crippen LogP contribution in [-0.4, -0.2) is 26.2 Å². The molecule has 0 bridgehead atoms. The lowest BCUT2D eigenvalue weighted by Crippen LogP contribution is -2.24. The van der Waals surface area contributed by atoms with Crippen LogP contribution in [0.4, 0.5) is 0 Å². The largest absolute Gasteiger partial charge is 0.495 e. The van der Waals surface area contributed by atoms with Crippen LogP contribution in [0.3, 0.4) is 0 Å². The minimum Gasteiger partial charge on any atom is -0.495 e. The van der Waals surface area contributed by atoms with E-state index in [4.69, 9.17) is 32.9 Å². The van der Waals surface area contributed by atoms with Crippen LogP contribution in [0.25, 0.3) is 34.4 Å². The molecule has 8 heteroatoms. The van der Waals surface area contributed by atoms with Crippen LogP contribution >= 0.6 is 23.2 Å². The van der Waals surface area contributed by atoms with Gasteiger partial charge in [0, 0.05) is 11.2 Å². The molecule has 0 spiro atoms. The van der Waals surface area contributed by atoms with Crippen LogP contribution in [0.1, 0.15) is 28.2 Å². The lowest BCUT2D eigenvalue weighted by Gasteiger charge is -2.16. The number of aryl methyl sites for hydroxylation is 3. The first-order valence-corrected chi connectivity index (χ1v) is 12.4. The van der Waals surface area contributed by atoms with Gasteiger partial charge in [0.05, 0.1) is 46.4 Å². The van der Waals surface area contributed by atoms with E-state index in [-0.39, 0.29) is 10.6 Å². The van der Waals surface area contributed by atoms with Crippen LogP contribution in [-0.2, 0) is 0 Å². The highest BCUT2D eigenvalue weighted by molar-refractivity contribution is 6.38. The molecule has 6 nitrogen and oxygen atoms in total. The van der Waals surface area contributed by atoms with Gasteiger partial charge in [0.25, 0.3) is 5.56 Å². The highest BCUT2D eigenvalue weighted by atomic mass is 35.5. The van der Waals surface area contributed by atoms with E-state index in [1.165, 1.54) is 0 Å². The number of nitrogens with zero attached hydrogens (tertiary/aromatic N) is 4. The molecule has 186 valence electrons. The fourth-order valence-electron chi connectivity index (χ4n) is 4.47. The number of hydrogen-bond donors (Lipinski definition) is 0. The summed E-state index contributed by atoms with van der Waals surface area (Å²) in [5, 5.41) is 1.01. The van der Waals surface area contributed by atoms with Crippen molar-refractivity contribution < 1.29 is 4.74 Å². The van der Waals surface area contributed by atoms with Gasteiger partial charge in [-0.3, -0.25) is 9.36 Å². The summed E-state index contributed by atoms with van der Waals surface area (Å²) < 4.78 is 9.18. The van der Waals surface area contributed by atoms with Crippen molar-refractivity contribution in [1.82, 2.24) is 19.1 Å². The molecule has 2 aromatic heterocycles. The van der Waals surface area contributed by atoms with Crippen molar-refractivity contribution in [2.45, 2.75) is 20.8 Å². The van der Waals surface area contributed by atoms with E-state index in [0.29, 0.717) is 27.5 Å². The van der Waals surface area contributed by atoms with Gasteiger partial charge in [0.15, 0.2) is 0 Å². The second kappa shape index (κ2) is 9.88. The topological polar surface area (TPSA) is 61.9 Å². The molecule has 0 fully saturated rings. The van der Waals surface area contributed by atoms with Crippen molar-refractivity contribution >= 4 is 46.3 Å². The van der Waals surface area contributed by atoms with Crippen molar-refractivity contribution in [3.63, 3.8) is 0 Å². The number of para-hydroxylation sites is 1. The molecule has 37 heavy (non-hydrogen) atoms. The third-order valence-corrected chi connectivity index (χ3v) is 6.71. The molecule has 0 aliphatic carbocycles. The van der Waals surface area contributed by atoms with E-state index in [1.807, 2.05) is 80.1 Å². The smallest absolute Gasteiger partial charge is 0.267 e. The van der Waals surface area contributed by atoms with E-state index < -0.39 is 0 Å². The van der Waals surface area contributed by atoms with E-state index in [0.717, 1.165) is 33.8 Å². The second-order valence-corrected chi connectivity index (χ2v) is 9.66. The Morgan fingerprint density at radius 2 is 1.73 bits per heavy atom. The monoisotopic (exact) mass is 530 g/mol. The van der Waals surface area contributed by atoms with Gasteiger partial charge < -0.3 is 9.30 Å². The van der Waals surface area contributed by atoms with E-state index in [1.54, 1.807) is 30.1 Å². The van der Waals surface area contributed by atoms with Crippen molar-refractivity contribution in [3.8, 4) is 17.1 Å². The van der Waals surface area contributed by atoms with E-state index in [2.05, 4.69) is 4.98 Å². The second-order valence-electron chi connectivity index (χ2n) is 8.82. The molecule has 0 radical (unpaired) electrons. The van der Waals surface area contributed by atoms with Crippen LogP contribution in [0.2, 0.25) is 10.0 Å². The van der Waals surface area contributed by atoms with E-state index in [9.17, 15) is 4.79 Å². The van der Waals surface area contributed by atoms with Gasteiger partial charge in [-0.25, -0.2) is 9.97 Å². The Morgan fingerprint density at radius 1 is 0.973 bits per heavy atom. The Morgan fingerprint density at radius 3 is 2.41 bits per heavy atom. The molecule has 0 amide bonds. The van der Waals surface area contributed by atoms with Crippen molar-refractivity contribution in [3.05, 3.63) is 110 Å². The zero-order valence-corrected chi connectivity index (χ0v) is 22.3. The Hall–Kier alpha value is -3.87. The summed E-state index contributed by atoms with van der Waals surface area (Å²) in [7, 11) is 1.63. The summed E-state index contributed by atoms with van der Waals surface area (Å²) >= 11 is 12.7. The first-order chi connectivity index (χ1) is 17.8. The van der Waals surface area contributed by atoms with Gasteiger partial charge in [-0.1, -0.05) is 53.5 Å². The fraction of sp³-hybridized carbons (Fsp3) is 0.138. The molecule has 0 saturated heterocycles. The number of benzene rings is 3. The van der Waals surface area contributed by atoms with Crippen LogP contribution in [0.15, 0.2) is 65.8 Å². The maximum Gasteiger partial charge on any atom is 0.267 e. The van der Waals surface area contributed by atoms with Gasteiger partial charge >= 0.3 is 0 Å². The summed E-state index contributed by atoms with van der Waals surface area (Å²) in [6.07, 6.45) is 7.40. The van der Waals surface area contributed by atoms with Crippen molar-refractivity contribution in [1.29, 1.82) is 0 Å². The maximum atomic E-state index is 13.8. The van der Waals surface area contributed by atoms with E-state index >= 15 is 0 Å². The predicted octanol–water partition coefficient (Wildman–Crippen LogP) is 6.98. The van der Waals surface area contributed by atoms with Gasteiger partial charge in [-0.15, -0.1) is 0 Å². The number of rotatable bonds is 5. The molecule has 2 heterocycles. The number of ether oxygens (including phenoxy) is 1. The third kappa shape index (κ3) is 4.66.